The lowest BCUT2D eigenvalue weighted by molar-refractivity contribution is 0.0681. The maximum Gasteiger partial charge on any atom is 0.363 e. The van der Waals surface area contributed by atoms with E-state index in [0.29, 0.717) is 0 Å². The number of aromatic nitrogens is 2. The molecule has 2 aromatic rings. The smallest absolute Gasteiger partial charge is 0.363 e. The van der Waals surface area contributed by atoms with Crippen LogP contribution in [0.4, 0.5) is 0 Å². The van der Waals surface area contributed by atoms with Crippen LogP contribution in [0, 0.1) is 0 Å². The zero-order chi connectivity index (χ0) is 11.4. The lowest BCUT2D eigenvalue weighted by Crippen LogP contribution is -2.02. The molecule has 82 valence electrons. The highest BCUT2D eigenvalue weighted by molar-refractivity contribution is 5.87. The minimum atomic E-state index is -1.23. The summed E-state index contributed by atoms with van der Waals surface area (Å²) in [5.41, 5.74) is 0.581. The Kier molecular flexibility index (Phi) is 2.81. The van der Waals surface area contributed by atoms with E-state index in [4.69, 9.17) is 9.84 Å². The lowest BCUT2D eigenvalue weighted by atomic mass is 10.2. The summed E-state index contributed by atoms with van der Waals surface area (Å²) in [5, 5.41) is 15.3. The van der Waals surface area contributed by atoms with E-state index >= 15 is 0 Å². The number of hydrogen-bond acceptors (Lipinski definition) is 5. The Morgan fingerprint density at radius 2 is 2.06 bits per heavy atom. The Bertz CT molecular complexity index is 481. The van der Waals surface area contributed by atoms with Crippen LogP contribution in [0.3, 0.4) is 0 Å². The van der Waals surface area contributed by atoms with Crippen LogP contribution in [0.25, 0.3) is 0 Å². The number of carboxylic acid groups (broad SMARTS) is 1. The fourth-order valence-corrected chi connectivity index (χ4v) is 1.13. The van der Waals surface area contributed by atoms with Crippen molar-refractivity contribution in [3.05, 3.63) is 41.6 Å². The first-order valence-electron chi connectivity index (χ1n) is 4.50. The molecule has 1 heterocycles. The summed E-state index contributed by atoms with van der Waals surface area (Å²) >= 11 is 0. The Morgan fingerprint density at radius 3 is 2.75 bits per heavy atom. The van der Waals surface area contributed by atoms with Crippen molar-refractivity contribution in [3.8, 4) is 5.88 Å². The average molecular weight is 220 g/mol. The van der Waals surface area contributed by atoms with E-state index in [1.54, 1.807) is 0 Å². The predicted molar refractivity (Wildman–Crippen MR) is 52.0 cm³/mol. The molecule has 0 aliphatic heterocycles. The van der Waals surface area contributed by atoms with Gasteiger partial charge in [-0.2, -0.15) is 0 Å². The van der Waals surface area contributed by atoms with Crippen LogP contribution in [0.1, 0.15) is 16.1 Å². The zero-order valence-electron chi connectivity index (χ0n) is 8.16. The van der Waals surface area contributed by atoms with Gasteiger partial charge in [0.05, 0.1) is 0 Å². The first-order chi connectivity index (χ1) is 7.77. The van der Waals surface area contributed by atoms with Crippen molar-refractivity contribution in [1.82, 2.24) is 10.3 Å². The highest BCUT2D eigenvalue weighted by atomic mass is 16.6. The molecule has 0 unspecified atom stereocenters. The van der Waals surface area contributed by atoms with Gasteiger partial charge in [0.1, 0.15) is 6.61 Å². The molecule has 0 spiro atoms. The molecule has 0 saturated carbocycles. The topological polar surface area (TPSA) is 85.5 Å². The molecule has 1 aromatic heterocycles. The zero-order valence-corrected chi connectivity index (χ0v) is 8.16. The van der Waals surface area contributed by atoms with Crippen molar-refractivity contribution < 1.29 is 19.3 Å². The molecule has 0 bridgehead atoms. The van der Waals surface area contributed by atoms with Crippen molar-refractivity contribution in [2.24, 2.45) is 0 Å². The second-order valence-electron chi connectivity index (χ2n) is 3.00. The molecular weight excluding hydrogens is 212 g/mol. The van der Waals surface area contributed by atoms with Crippen LogP contribution < -0.4 is 4.74 Å². The first-order valence-corrected chi connectivity index (χ1v) is 4.50. The van der Waals surface area contributed by atoms with Crippen molar-refractivity contribution in [2.75, 3.05) is 0 Å². The fourth-order valence-electron chi connectivity index (χ4n) is 1.13. The highest BCUT2D eigenvalue weighted by Gasteiger charge is 2.18. The van der Waals surface area contributed by atoms with Crippen LogP contribution in [0.5, 0.6) is 5.88 Å². The molecule has 1 aromatic carbocycles. The molecular formula is C10H8N2O4. The number of rotatable bonds is 4. The van der Waals surface area contributed by atoms with Crippen LogP contribution >= 0.6 is 0 Å². The maximum atomic E-state index is 10.7. The second kappa shape index (κ2) is 4.43. The molecule has 0 atom stereocenters. The minimum absolute atomic E-state index is 0.114. The van der Waals surface area contributed by atoms with E-state index in [1.165, 1.54) is 0 Å². The minimum Gasteiger partial charge on any atom is -0.476 e. The van der Waals surface area contributed by atoms with Crippen LogP contribution in [-0.2, 0) is 6.61 Å². The first kappa shape index (κ1) is 10.2. The molecule has 0 aliphatic rings. The normalized spacial score (nSPS) is 10.0. The standard InChI is InChI=1S/C10H8N2O4/c13-10(14)8-9(12-16-11-8)15-6-7-4-2-1-3-5-7/h1-5H,6H2,(H,13,14). The van der Waals surface area contributed by atoms with Gasteiger partial charge in [0.25, 0.3) is 11.6 Å². The second-order valence-corrected chi connectivity index (χ2v) is 3.00. The molecule has 0 fully saturated rings. The fraction of sp³-hybridized carbons (Fsp3) is 0.100. The maximum absolute atomic E-state index is 10.7. The van der Waals surface area contributed by atoms with Gasteiger partial charge in [-0.25, -0.2) is 9.42 Å². The van der Waals surface area contributed by atoms with Gasteiger partial charge in [-0.05, 0) is 15.9 Å². The Hall–Kier alpha value is -2.37. The van der Waals surface area contributed by atoms with E-state index in [0.717, 1.165) is 5.56 Å². The summed E-state index contributed by atoms with van der Waals surface area (Å²) in [6.07, 6.45) is 0. The van der Waals surface area contributed by atoms with Gasteiger partial charge < -0.3 is 9.84 Å². The number of carbonyl (C=O) groups is 1. The van der Waals surface area contributed by atoms with Crippen LogP contribution in [0.15, 0.2) is 35.0 Å². The van der Waals surface area contributed by atoms with Crippen molar-refractivity contribution in [1.29, 1.82) is 0 Å². The van der Waals surface area contributed by atoms with Gasteiger partial charge in [-0.3, -0.25) is 0 Å². The summed E-state index contributed by atoms with van der Waals surface area (Å²) in [7, 11) is 0. The molecule has 0 radical (unpaired) electrons. The Labute approximate surface area is 90.4 Å². The van der Waals surface area contributed by atoms with Gasteiger partial charge in [0.15, 0.2) is 0 Å². The lowest BCUT2D eigenvalue weighted by Gasteiger charge is -2.01. The third-order valence-corrected chi connectivity index (χ3v) is 1.88. The molecule has 1 N–H and O–H groups in total. The van der Waals surface area contributed by atoms with E-state index in [1.807, 2.05) is 30.3 Å². The van der Waals surface area contributed by atoms with Gasteiger partial charge in [-0.1, -0.05) is 30.3 Å². The van der Waals surface area contributed by atoms with Crippen molar-refractivity contribution in [3.63, 3.8) is 0 Å². The van der Waals surface area contributed by atoms with Crippen LogP contribution in [0.2, 0.25) is 0 Å². The van der Waals surface area contributed by atoms with E-state index in [-0.39, 0.29) is 18.2 Å². The summed E-state index contributed by atoms with van der Waals surface area (Å²) in [6, 6.07) is 9.31. The van der Waals surface area contributed by atoms with Gasteiger partial charge in [-0.15, -0.1) is 0 Å². The van der Waals surface area contributed by atoms with Gasteiger partial charge in [0.2, 0.25) is 0 Å². The quantitative estimate of drug-likeness (QED) is 0.836. The number of nitrogens with zero attached hydrogens (tertiary/aromatic N) is 2. The monoisotopic (exact) mass is 220 g/mol. The van der Waals surface area contributed by atoms with Gasteiger partial charge in [0, 0.05) is 0 Å². The summed E-state index contributed by atoms with van der Waals surface area (Å²) in [4.78, 5) is 10.7. The molecule has 0 aliphatic carbocycles. The predicted octanol–water partition coefficient (Wildman–Crippen LogP) is 1.35. The van der Waals surface area contributed by atoms with Crippen LogP contribution in [-0.4, -0.2) is 21.4 Å². The van der Waals surface area contributed by atoms with E-state index < -0.39 is 5.97 Å². The Morgan fingerprint density at radius 1 is 1.31 bits per heavy atom. The average Bonchev–Trinajstić information content (AvgIpc) is 2.76. The third kappa shape index (κ3) is 2.17. The summed E-state index contributed by atoms with van der Waals surface area (Å²) in [6.45, 7) is 0.218. The summed E-state index contributed by atoms with van der Waals surface area (Å²) in [5.74, 6) is -1.35. The van der Waals surface area contributed by atoms with Gasteiger partial charge >= 0.3 is 5.97 Å². The molecule has 6 heteroatoms. The van der Waals surface area contributed by atoms with Crippen molar-refractivity contribution in [2.45, 2.75) is 6.61 Å². The molecule has 2 rings (SSSR count). The Balaban J connectivity index is 2.05. The largest absolute Gasteiger partial charge is 0.476 e. The molecule has 0 amide bonds. The number of carboxylic acids is 1. The van der Waals surface area contributed by atoms with E-state index in [9.17, 15) is 4.79 Å². The summed E-state index contributed by atoms with van der Waals surface area (Å²) < 4.78 is 9.47. The number of benzene rings is 1. The SMILES string of the molecule is O=C(O)c1nonc1OCc1ccccc1. The number of ether oxygens (including phenoxy) is 1. The molecule has 0 saturated heterocycles. The number of aromatic carboxylic acids is 1. The third-order valence-electron chi connectivity index (χ3n) is 1.88. The highest BCUT2D eigenvalue weighted by Crippen LogP contribution is 2.14. The molecule has 16 heavy (non-hydrogen) atoms. The molecule has 6 nitrogen and oxygen atoms in total. The van der Waals surface area contributed by atoms with Crippen molar-refractivity contribution >= 4 is 5.97 Å². The van der Waals surface area contributed by atoms with E-state index in [2.05, 4.69) is 14.9 Å². The number of hydrogen-bond donors (Lipinski definition) is 1.